The lowest BCUT2D eigenvalue weighted by atomic mass is 9.33. The van der Waals surface area contributed by atoms with Crippen LogP contribution in [-0.2, 0) is 38.1 Å². The second-order valence-corrected chi connectivity index (χ2v) is 16.5. The van der Waals surface area contributed by atoms with Gasteiger partial charge in [-0.25, -0.2) is 0 Å². The summed E-state index contributed by atoms with van der Waals surface area (Å²) < 4.78 is 22.9. The number of methoxy groups -OCH3 is 1. The van der Waals surface area contributed by atoms with Crippen molar-refractivity contribution in [2.75, 3.05) is 20.3 Å². The van der Waals surface area contributed by atoms with Gasteiger partial charge in [-0.1, -0.05) is 39.3 Å². The molecular formula is C37H56O9. The van der Waals surface area contributed by atoms with Crippen LogP contribution in [0.1, 0.15) is 113 Å². The first-order valence-corrected chi connectivity index (χ1v) is 17.3. The van der Waals surface area contributed by atoms with E-state index >= 15 is 0 Å². The van der Waals surface area contributed by atoms with E-state index in [1.165, 1.54) is 33.5 Å². The second kappa shape index (κ2) is 11.6. The zero-order chi connectivity index (χ0) is 34.1. The molecule has 1 N–H and O–H groups in total. The molecule has 0 unspecified atom stereocenters. The van der Waals surface area contributed by atoms with Gasteiger partial charge in [0.2, 0.25) is 0 Å². The van der Waals surface area contributed by atoms with Crippen LogP contribution in [0.3, 0.4) is 0 Å². The number of allylic oxidation sites excluding steroid dienone is 1. The minimum Gasteiger partial charge on any atom is -0.469 e. The monoisotopic (exact) mass is 644 g/mol. The van der Waals surface area contributed by atoms with Crippen LogP contribution in [0.25, 0.3) is 0 Å². The molecule has 258 valence electrons. The van der Waals surface area contributed by atoms with Gasteiger partial charge in [0, 0.05) is 26.7 Å². The average Bonchev–Trinajstić information content (AvgIpc) is 2.97. The Balaban J connectivity index is 1.63. The molecule has 10 atom stereocenters. The Kier molecular flexibility index (Phi) is 8.82. The van der Waals surface area contributed by atoms with Crippen molar-refractivity contribution >= 4 is 23.9 Å². The maximum atomic E-state index is 13.6. The van der Waals surface area contributed by atoms with Crippen molar-refractivity contribution in [3.05, 3.63) is 11.6 Å². The van der Waals surface area contributed by atoms with Crippen molar-refractivity contribution in [1.82, 2.24) is 0 Å². The van der Waals surface area contributed by atoms with Gasteiger partial charge in [0.1, 0.15) is 19.3 Å². The van der Waals surface area contributed by atoms with Gasteiger partial charge in [-0.3, -0.25) is 19.2 Å². The van der Waals surface area contributed by atoms with Crippen LogP contribution in [0.15, 0.2) is 11.6 Å². The van der Waals surface area contributed by atoms with Crippen molar-refractivity contribution < 1.29 is 43.2 Å². The molecule has 0 radical (unpaired) electrons. The van der Waals surface area contributed by atoms with E-state index in [1.54, 1.807) is 0 Å². The van der Waals surface area contributed by atoms with Crippen LogP contribution in [0, 0.1) is 50.7 Å². The molecule has 0 spiro atoms. The maximum Gasteiger partial charge on any atom is 0.312 e. The molecule has 9 nitrogen and oxygen atoms in total. The lowest BCUT2D eigenvalue weighted by Gasteiger charge is -2.72. The Labute approximate surface area is 274 Å². The first-order chi connectivity index (χ1) is 21.4. The number of aliphatic hydroxyl groups is 1. The first kappa shape index (κ1) is 34.9. The summed E-state index contributed by atoms with van der Waals surface area (Å²) in [5, 5.41) is 12.2. The lowest BCUT2D eigenvalue weighted by Crippen LogP contribution is -2.69. The summed E-state index contributed by atoms with van der Waals surface area (Å²) in [5.74, 6) is -1.60. The number of fused-ring (bicyclic) bond motifs is 7. The first-order valence-electron chi connectivity index (χ1n) is 17.3. The maximum absolute atomic E-state index is 13.6. The lowest BCUT2D eigenvalue weighted by molar-refractivity contribution is -0.244. The molecule has 5 rings (SSSR count). The Morgan fingerprint density at radius 1 is 0.826 bits per heavy atom. The third-order valence-corrected chi connectivity index (χ3v) is 14.6. The molecule has 9 heteroatoms. The highest BCUT2D eigenvalue weighted by atomic mass is 16.6. The molecule has 46 heavy (non-hydrogen) atoms. The predicted octanol–water partition coefficient (Wildman–Crippen LogP) is 5.95. The number of carbonyl (C=O) groups is 4. The molecular weight excluding hydrogens is 588 g/mol. The normalized spacial score (nSPS) is 44.1. The summed E-state index contributed by atoms with van der Waals surface area (Å²) in [5.41, 5.74) is -2.17. The van der Waals surface area contributed by atoms with Crippen LogP contribution in [0.5, 0.6) is 0 Å². The van der Waals surface area contributed by atoms with Crippen molar-refractivity contribution in [2.24, 2.45) is 50.7 Å². The fourth-order valence-corrected chi connectivity index (χ4v) is 11.9. The van der Waals surface area contributed by atoms with E-state index < -0.39 is 40.4 Å². The molecule has 0 heterocycles. The highest BCUT2D eigenvalue weighted by molar-refractivity contribution is 5.79. The van der Waals surface area contributed by atoms with Crippen LogP contribution in [0.4, 0.5) is 0 Å². The SMILES string of the molecule is COC(=O)[C@]12CC[C@@H](C)[C@@](C)(O)[C@@H]1C1=CC[C@@H]3[C@@]4(C)CC[C@H](OC(C)=O)C(COC(C)=O)(COC(C)=O)[C@@H]4CC[C@@]3(C)[C@]1(C)CC2. The second-order valence-electron chi connectivity index (χ2n) is 16.5. The van der Waals surface area contributed by atoms with Gasteiger partial charge >= 0.3 is 23.9 Å². The summed E-state index contributed by atoms with van der Waals surface area (Å²) in [6.07, 6.45) is 8.55. The Morgan fingerprint density at radius 2 is 1.46 bits per heavy atom. The Hall–Kier alpha value is -2.42. The van der Waals surface area contributed by atoms with E-state index in [1.807, 2.05) is 6.92 Å². The van der Waals surface area contributed by atoms with Gasteiger partial charge in [0.15, 0.2) is 0 Å². The number of carbonyl (C=O) groups excluding carboxylic acids is 4. The van der Waals surface area contributed by atoms with Gasteiger partial charge < -0.3 is 24.1 Å². The van der Waals surface area contributed by atoms with E-state index in [0.29, 0.717) is 19.3 Å². The van der Waals surface area contributed by atoms with Gasteiger partial charge in [-0.05, 0) is 98.7 Å². The van der Waals surface area contributed by atoms with Crippen molar-refractivity contribution in [2.45, 2.75) is 125 Å². The summed E-state index contributed by atoms with van der Waals surface area (Å²) in [4.78, 5) is 50.4. The van der Waals surface area contributed by atoms with E-state index in [9.17, 15) is 24.3 Å². The molecule has 0 aromatic carbocycles. The minimum atomic E-state index is -1.06. The quantitative estimate of drug-likeness (QED) is 0.212. The van der Waals surface area contributed by atoms with E-state index in [-0.39, 0.29) is 59.1 Å². The van der Waals surface area contributed by atoms with E-state index in [2.05, 4.69) is 33.8 Å². The fraction of sp³-hybridized carbons (Fsp3) is 0.838. The highest BCUT2D eigenvalue weighted by Gasteiger charge is 2.72. The number of ether oxygens (including phenoxy) is 4. The third kappa shape index (κ3) is 4.87. The number of hydrogen-bond acceptors (Lipinski definition) is 9. The van der Waals surface area contributed by atoms with E-state index in [0.717, 1.165) is 38.5 Å². The number of esters is 4. The van der Waals surface area contributed by atoms with E-state index in [4.69, 9.17) is 18.9 Å². The van der Waals surface area contributed by atoms with Crippen molar-refractivity contribution in [3.8, 4) is 0 Å². The minimum absolute atomic E-state index is 0.0000863. The average molecular weight is 645 g/mol. The smallest absolute Gasteiger partial charge is 0.312 e. The van der Waals surface area contributed by atoms with Crippen LogP contribution >= 0.6 is 0 Å². The Bertz CT molecular complexity index is 1280. The molecule has 0 saturated heterocycles. The van der Waals surface area contributed by atoms with Crippen LogP contribution < -0.4 is 0 Å². The van der Waals surface area contributed by atoms with Gasteiger partial charge in [-0.2, -0.15) is 0 Å². The summed E-state index contributed by atoms with van der Waals surface area (Å²) in [6, 6.07) is 0. The van der Waals surface area contributed by atoms with Gasteiger partial charge in [-0.15, -0.1) is 0 Å². The molecule has 0 amide bonds. The zero-order valence-electron chi connectivity index (χ0n) is 29.5. The van der Waals surface area contributed by atoms with Gasteiger partial charge in [0.05, 0.1) is 23.5 Å². The summed E-state index contributed by atoms with van der Waals surface area (Å²) >= 11 is 0. The molecule has 5 aliphatic rings. The number of rotatable bonds is 6. The van der Waals surface area contributed by atoms with Crippen LogP contribution in [0.2, 0.25) is 0 Å². The Morgan fingerprint density at radius 3 is 2.02 bits per heavy atom. The molecule has 4 saturated carbocycles. The number of hydrogen-bond donors (Lipinski definition) is 1. The highest BCUT2D eigenvalue weighted by Crippen LogP contribution is 2.76. The van der Waals surface area contributed by atoms with Gasteiger partial charge in [0.25, 0.3) is 0 Å². The zero-order valence-corrected chi connectivity index (χ0v) is 29.5. The molecule has 0 aromatic rings. The third-order valence-electron chi connectivity index (χ3n) is 14.6. The molecule has 0 aromatic heterocycles. The summed E-state index contributed by atoms with van der Waals surface area (Å²) in [7, 11) is 1.47. The predicted molar refractivity (Wildman–Crippen MR) is 170 cm³/mol. The largest absolute Gasteiger partial charge is 0.469 e. The molecule has 4 fully saturated rings. The molecule has 0 bridgehead atoms. The van der Waals surface area contributed by atoms with Crippen molar-refractivity contribution in [1.29, 1.82) is 0 Å². The molecule has 5 aliphatic carbocycles. The topological polar surface area (TPSA) is 125 Å². The standard InChI is InChI=1S/C37H56O9/c1-22-12-17-36(31(41)43-9)19-18-33(6)26(30(36)35(22,8)42)10-11-27-32(5)15-14-29(46-25(4)40)37(20-44-23(2)38,21-45-24(3)39)28(32)13-16-34(27,33)7/h10,22,27-30,42H,11-21H2,1-9H3/t22-,27-,28-,29+,30+,32-,33-,34-,35-,36+/m1/s1. The summed E-state index contributed by atoms with van der Waals surface area (Å²) in [6.45, 7) is 15.3. The molecule has 0 aliphatic heterocycles. The fourth-order valence-electron chi connectivity index (χ4n) is 11.9. The van der Waals surface area contributed by atoms with Crippen molar-refractivity contribution in [3.63, 3.8) is 0 Å². The van der Waals surface area contributed by atoms with Crippen LogP contribution in [-0.4, -0.2) is 61.0 Å².